The van der Waals surface area contributed by atoms with Gasteiger partial charge in [0.05, 0.1) is 30.1 Å². The molecule has 59 heavy (non-hydrogen) atoms. The molecule has 0 fully saturated rings. The maximum atomic E-state index is 13.3. The number of hydrogen-bond donors (Lipinski definition) is 2. The zero-order chi connectivity index (χ0) is 42.4. The summed E-state index contributed by atoms with van der Waals surface area (Å²) in [6.45, 7) is 4.04. The Morgan fingerprint density at radius 2 is 1.17 bits per heavy atom. The Morgan fingerprint density at radius 1 is 0.695 bits per heavy atom. The highest BCUT2D eigenvalue weighted by atomic mass is 31.2. The van der Waals surface area contributed by atoms with Crippen molar-refractivity contribution in [2.45, 2.75) is 206 Å². The molecule has 0 spiro atoms. The van der Waals surface area contributed by atoms with E-state index >= 15 is 0 Å². The number of unbranched alkanes of at least 4 members (excludes halogenated alkanes) is 24. The van der Waals surface area contributed by atoms with E-state index in [4.69, 9.17) is 19.7 Å². The lowest BCUT2D eigenvalue weighted by Gasteiger charge is -2.20. The van der Waals surface area contributed by atoms with E-state index in [9.17, 15) is 19.0 Å². The quantitative estimate of drug-likeness (QED) is 0.0325. The number of pyridine rings is 1. The van der Waals surface area contributed by atoms with Crippen LogP contribution in [0.2, 0.25) is 0 Å². The van der Waals surface area contributed by atoms with Crippen molar-refractivity contribution in [2.24, 2.45) is 0 Å². The van der Waals surface area contributed by atoms with Gasteiger partial charge in [-0.15, -0.1) is 0 Å². The first kappa shape index (κ1) is 50.3. The second-order valence-corrected chi connectivity index (χ2v) is 18.6. The van der Waals surface area contributed by atoms with Gasteiger partial charge in [0, 0.05) is 24.8 Å². The molecule has 2 atom stereocenters. The van der Waals surface area contributed by atoms with Gasteiger partial charge in [0.1, 0.15) is 12.1 Å². The fourth-order valence-corrected chi connectivity index (χ4v) is 8.66. The Hall–Kier alpha value is -3.01. The molecule has 11 nitrogen and oxygen atoms in total. The van der Waals surface area contributed by atoms with Crippen LogP contribution in [0.15, 0.2) is 30.6 Å². The number of rotatable bonds is 37. The standard InChI is InChI=1S/C47H79N4O7P/c1-3-5-7-9-11-13-15-17-19-21-23-25-27-33-43(52)56-37-40(58-44(53)34-28-26-24-22-20-18-16-14-12-10-8-6-4-2)38-57-59(54,55)36-35-51-39-49-45-46(51)41-31-29-30-32-42(41)50-47(45)48/h29-32,39-40H,3-28,33-38H2,1-2H3,(H2,48,50)(H,54,55). The Bertz CT molecular complexity index is 1630. The lowest BCUT2D eigenvalue weighted by Crippen LogP contribution is -2.29. The van der Waals surface area contributed by atoms with Gasteiger partial charge >= 0.3 is 19.5 Å². The van der Waals surface area contributed by atoms with Crippen molar-refractivity contribution in [3.8, 4) is 0 Å². The molecule has 0 aliphatic rings. The van der Waals surface area contributed by atoms with Crippen molar-refractivity contribution < 1.29 is 33.0 Å². The van der Waals surface area contributed by atoms with Gasteiger partial charge in [0.15, 0.2) is 11.9 Å². The fraction of sp³-hybridized carbons (Fsp3) is 0.745. The zero-order valence-corrected chi connectivity index (χ0v) is 37.7. The molecule has 3 rings (SSSR count). The molecule has 0 saturated carbocycles. The van der Waals surface area contributed by atoms with Crippen LogP contribution >= 0.6 is 7.60 Å². The van der Waals surface area contributed by atoms with Crippen LogP contribution in [0.5, 0.6) is 0 Å². The third-order valence-corrected chi connectivity index (χ3v) is 12.6. The number of imidazole rings is 1. The van der Waals surface area contributed by atoms with Gasteiger partial charge < -0.3 is 29.2 Å². The second kappa shape index (κ2) is 30.9. The third-order valence-electron chi connectivity index (χ3n) is 11.3. The maximum Gasteiger partial charge on any atom is 0.330 e. The number of hydrogen-bond acceptors (Lipinski definition) is 9. The van der Waals surface area contributed by atoms with Crippen LogP contribution in [0.25, 0.3) is 21.9 Å². The molecular weight excluding hydrogens is 764 g/mol. The van der Waals surface area contributed by atoms with Crippen LogP contribution in [-0.2, 0) is 34.7 Å². The summed E-state index contributed by atoms with van der Waals surface area (Å²) in [6, 6.07) is 7.53. The van der Waals surface area contributed by atoms with E-state index < -0.39 is 19.7 Å². The fourth-order valence-electron chi connectivity index (χ4n) is 7.67. The van der Waals surface area contributed by atoms with Crippen molar-refractivity contribution in [2.75, 3.05) is 25.1 Å². The molecule has 334 valence electrons. The number of fused-ring (bicyclic) bond motifs is 3. The van der Waals surface area contributed by atoms with Gasteiger partial charge in [-0.1, -0.05) is 186 Å². The summed E-state index contributed by atoms with van der Waals surface area (Å²) >= 11 is 0. The number of aryl methyl sites for hydroxylation is 1. The SMILES string of the molecule is CCCCCCCCCCCCCCCC(=O)OCC(COP(=O)(O)CCn1cnc2c(N)nc3ccccc3c21)OC(=O)CCCCCCCCCCCCCCC. The van der Waals surface area contributed by atoms with Crippen molar-refractivity contribution in [1.82, 2.24) is 14.5 Å². The number of benzene rings is 1. The molecule has 2 heterocycles. The summed E-state index contributed by atoms with van der Waals surface area (Å²) in [6.07, 6.45) is 32.4. The highest BCUT2D eigenvalue weighted by molar-refractivity contribution is 7.52. The van der Waals surface area contributed by atoms with Gasteiger partial charge in [-0.05, 0) is 18.9 Å². The highest BCUT2D eigenvalue weighted by Crippen LogP contribution is 2.42. The zero-order valence-electron chi connectivity index (χ0n) is 36.9. The minimum absolute atomic E-state index is 0.134. The van der Waals surface area contributed by atoms with Crippen LogP contribution in [-0.4, -0.2) is 56.8 Å². The number of nitrogens with two attached hydrogens (primary N) is 1. The summed E-state index contributed by atoms with van der Waals surface area (Å²) in [7, 11) is -4.15. The number of esters is 2. The molecule has 0 bridgehead atoms. The molecular formula is C47H79N4O7P. The summed E-state index contributed by atoms with van der Waals surface area (Å²) < 4.78 is 31.8. The van der Waals surface area contributed by atoms with E-state index in [0.717, 1.165) is 49.4 Å². The molecule has 12 heteroatoms. The second-order valence-electron chi connectivity index (χ2n) is 16.6. The third kappa shape index (κ3) is 21.9. The van der Waals surface area contributed by atoms with Crippen LogP contribution in [0.1, 0.15) is 194 Å². The number of nitrogens with zero attached hydrogens (tertiary/aromatic N) is 3. The minimum atomic E-state index is -4.15. The molecule has 3 aromatic rings. The molecule has 0 radical (unpaired) electrons. The van der Waals surface area contributed by atoms with Crippen LogP contribution in [0.4, 0.5) is 5.82 Å². The molecule has 0 aliphatic heterocycles. The maximum absolute atomic E-state index is 13.3. The molecule has 1 aromatic carbocycles. The van der Waals surface area contributed by atoms with E-state index in [2.05, 4.69) is 23.8 Å². The molecule has 2 aromatic heterocycles. The van der Waals surface area contributed by atoms with Gasteiger partial charge in [-0.3, -0.25) is 14.2 Å². The molecule has 0 saturated heterocycles. The first-order valence-corrected chi connectivity index (χ1v) is 25.3. The van der Waals surface area contributed by atoms with Crippen molar-refractivity contribution in [1.29, 1.82) is 0 Å². The summed E-state index contributed by atoms with van der Waals surface area (Å²) in [5.74, 6) is -0.510. The largest absolute Gasteiger partial charge is 0.462 e. The predicted octanol–water partition coefficient (Wildman–Crippen LogP) is 12.8. The van der Waals surface area contributed by atoms with Gasteiger partial charge in [0.2, 0.25) is 0 Å². The Labute approximate surface area is 355 Å². The highest BCUT2D eigenvalue weighted by Gasteiger charge is 2.26. The average molecular weight is 843 g/mol. The molecule has 0 aliphatic carbocycles. The Morgan fingerprint density at radius 3 is 1.69 bits per heavy atom. The first-order chi connectivity index (χ1) is 28.7. The van der Waals surface area contributed by atoms with Gasteiger partial charge in [-0.25, -0.2) is 9.97 Å². The van der Waals surface area contributed by atoms with Crippen LogP contribution < -0.4 is 5.73 Å². The summed E-state index contributed by atoms with van der Waals surface area (Å²) in [5, 5.41) is 0.832. The number of carbonyl (C=O) groups is 2. The minimum Gasteiger partial charge on any atom is -0.462 e. The number of aromatic nitrogens is 3. The predicted molar refractivity (Wildman–Crippen MR) is 242 cm³/mol. The smallest absolute Gasteiger partial charge is 0.330 e. The molecule has 0 amide bonds. The summed E-state index contributed by atoms with van der Waals surface area (Å²) in [5.41, 5.74) is 8.11. The van der Waals surface area contributed by atoms with E-state index in [1.807, 2.05) is 24.3 Å². The van der Waals surface area contributed by atoms with Gasteiger partial charge in [0.25, 0.3) is 0 Å². The van der Waals surface area contributed by atoms with Gasteiger partial charge in [-0.2, -0.15) is 0 Å². The lowest BCUT2D eigenvalue weighted by atomic mass is 10.0. The number of nitrogen functional groups attached to an aromatic ring is 1. The average Bonchev–Trinajstić information content (AvgIpc) is 3.67. The summed E-state index contributed by atoms with van der Waals surface area (Å²) in [4.78, 5) is 45.2. The van der Waals surface area contributed by atoms with Crippen molar-refractivity contribution in [3.63, 3.8) is 0 Å². The van der Waals surface area contributed by atoms with Crippen molar-refractivity contribution >= 4 is 47.3 Å². The Kier molecular flexibility index (Phi) is 26.4. The Balaban J connectivity index is 1.40. The number of para-hydroxylation sites is 1. The topological polar surface area (TPSA) is 156 Å². The van der Waals surface area contributed by atoms with Crippen molar-refractivity contribution in [3.05, 3.63) is 30.6 Å². The molecule has 3 N–H and O–H groups in total. The molecule has 2 unspecified atom stereocenters. The van der Waals surface area contributed by atoms with E-state index in [1.54, 1.807) is 10.9 Å². The number of anilines is 1. The van der Waals surface area contributed by atoms with Crippen LogP contribution in [0, 0.1) is 0 Å². The van der Waals surface area contributed by atoms with E-state index in [-0.39, 0.29) is 50.5 Å². The number of carbonyl (C=O) groups excluding carboxylic acids is 2. The normalized spacial score (nSPS) is 13.2. The number of ether oxygens (including phenoxy) is 2. The first-order valence-electron chi connectivity index (χ1n) is 23.5. The van der Waals surface area contributed by atoms with E-state index in [1.165, 1.54) is 122 Å². The lowest BCUT2D eigenvalue weighted by molar-refractivity contribution is -0.161. The monoisotopic (exact) mass is 843 g/mol. The van der Waals surface area contributed by atoms with Crippen LogP contribution in [0.3, 0.4) is 0 Å². The van der Waals surface area contributed by atoms with E-state index in [0.29, 0.717) is 17.5 Å².